The van der Waals surface area contributed by atoms with Crippen LogP contribution in [-0.4, -0.2) is 45.3 Å². The second-order valence-electron chi connectivity index (χ2n) is 9.90. The molecule has 0 radical (unpaired) electrons. The van der Waals surface area contributed by atoms with Gasteiger partial charge in [0, 0.05) is 11.3 Å². The van der Waals surface area contributed by atoms with Gasteiger partial charge in [0.2, 0.25) is 5.13 Å². The van der Waals surface area contributed by atoms with E-state index in [1.54, 1.807) is 30.3 Å². The van der Waals surface area contributed by atoms with Crippen LogP contribution in [0, 0.1) is 0 Å². The van der Waals surface area contributed by atoms with E-state index in [0.717, 1.165) is 16.3 Å². The minimum absolute atomic E-state index is 0.0500. The monoisotopic (exact) mass is 609 g/mol. The molecule has 0 spiro atoms. The predicted octanol–water partition coefficient (Wildman–Crippen LogP) is 6.09. The number of phenols is 1. The number of ketones is 1. The number of carbonyl (C=O) groups is 2. The Hall–Kier alpha value is -4.87. The zero-order valence-electron chi connectivity index (χ0n) is 22.5. The molecule has 4 aromatic carbocycles. The minimum atomic E-state index is -1.05. The van der Waals surface area contributed by atoms with Crippen LogP contribution in [0.25, 0.3) is 16.5 Å². The van der Waals surface area contributed by atoms with Crippen molar-refractivity contribution in [3.8, 4) is 17.2 Å². The summed E-state index contributed by atoms with van der Waals surface area (Å²) in [6.07, 6.45) is 0. The first-order valence-electron chi connectivity index (χ1n) is 13.4. The Morgan fingerprint density at radius 3 is 2.58 bits per heavy atom. The SMILES string of the molecule is O=C1C(=O)N(c2nnc(SCc3cccc4ccccc34)s2)C(c2cccc(O)c2)/C1=C(\O)c1ccc2c(c1)OCCO2. The van der Waals surface area contributed by atoms with Crippen molar-refractivity contribution in [2.45, 2.75) is 16.1 Å². The predicted molar refractivity (Wildman–Crippen MR) is 164 cm³/mol. The Balaban J connectivity index is 1.25. The molecule has 1 atom stereocenters. The van der Waals surface area contributed by atoms with Crippen LogP contribution >= 0.6 is 23.1 Å². The largest absolute Gasteiger partial charge is 0.508 e. The quantitative estimate of drug-likeness (QED) is 0.0775. The molecule has 0 saturated carbocycles. The number of aromatic hydroxyl groups is 1. The zero-order valence-corrected chi connectivity index (χ0v) is 24.1. The van der Waals surface area contributed by atoms with E-state index in [1.807, 2.05) is 18.2 Å². The summed E-state index contributed by atoms with van der Waals surface area (Å²) in [6, 6.07) is 24.3. The molecule has 1 aromatic heterocycles. The first kappa shape index (κ1) is 27.0. The average molecular weight is 610 g/mol. The molecule has 2 aliphatic rings. The lowest BCUT2D eigenvalue weighted by Crippen LogP contribution is -2.29. The van der Waals surface area contributed by atoms with Crippen molar-refractivity contribution >= 4 is 56.5 Å². The molecule has 11 heteroatoms. The van der Waals surface area contributed by atoms with Gasteiger partial charge in [-0.1, -0.05) is 77.7 Å². The first-order chi connectivity index (χ1) is 21.0. The summed E-state index contributed by atoms with van der Waals surface area (Å²) in [4.78, 5) is 28.3. The molecule has 1 saturated heterocycles. The van der Waals surface area contributed by atoms with E-state index in [9.17, 15) is 19.8 Å². The van der Waals surface area contributed by atoms with Crippen molar-refractivity contribution in [2.24, 2.45) is 0 Å². The van der Waals surface area contributed by atoms with E-state index in [0.29, 0.717) is 40.4 Å². The number of aliphatic hydroxyl groups excluding tert-OH is 1. The molecule has 1 fully saturated rings. The molecule has 2 aliphatic heterocycles. The second-order valence-corrected chi connectivity index (χ2v) is 12.1. The Morgan fingerprint density at radius 2 is 1.72 bits per heavy atom. The summed E-state index contributed by atoms with van der Waals surface area (Å²) < 4.78 is 11.8. The van der Waals surface area contributed by atoms with Crippen LogP contribution in [0.5, 0.6) is 17.2 Å². The van der Waals surface area contributed by atoms with Gasteiger partial charge in [-0.2, -0.15) is 0 Å². The number of aromatic nitrogens is 2. The van der Waals surface area contributed by atoms with Gasteiger partial charge in [0.1, 0.15) is 24.7 Å². The summed E-state index contributed by atoms with van der Waals surface area (Å²) in [7, 11) is 0. The first-order valence-corrected chi connectivity index (χ1v) is 15.2. The highest BCUT2D eigenvalue weighted by atomic mass is 32.2. The molecule has 1 amide bonds. The fraction of sp³-hybridized carbons (Fsp3) is 0.125. The normalized spacial score (nSPS) is 17.5. The number of phenolic OH excluding ortho intramolecular Hbond substituents is 1. The van der Waals surface area contributed by atoms with Gasteiger partial charge in [-0.25, -0.2) is 0 Å². The van der Waals surface area contributed by atoms with E-state index in [4.69, 9.17) is 9.47 Å². The molecule has 1 unspecified atom stereocenters. The summed E-state index contributed by atoms with van der Waals surface area (Å²) in [5.74, 6) is -0.567. The number of hydrogen-bond acceptors (Lipinski definition) is 10. The Kier molecular flexibility index (Phi) is 6.96. The maximum Gasteiger partial charge on any atom is 0.301 e. The van der Waals surface area contributed by atoms with Crippen LogP contribution < -0.4 is 14.4 Å². The number of nitrogens with zero attached hydrogens (tertiary/aromatic N) is 3. The van der Waals surface area contributed by atoms with Crippen LogP contribution in [-0.2, 0) is 15.3 Å². The number of anilines is 1. The van der Waals surface area contributed by atoms with Gasteiger partial charge in [0.15, 0.2) is 15.8 Å². The van der Waals surface area contributed by atoms with Crippen LogP contribution in [0.15, 0.2) is 94.8 Å². The van der Waals surface area contributed by atoms with Gasteiger partial charge in [-0.05, 0) is 52.2 Å². The van der Waals surface area contributed by atoms with E-state index in [-0.39, 0.29) is 27.8 Å². The van der Waals surface area contributed by atoms with E-state index < -0.39 is 17.7 Å². The zero-order chi connectivity index (χ0) is 29.5. The Labute approximate surface area is 254 Å². The number of amides is 1. The van der Waals surface area contributed by atoms with Gasteiger partial charge >= 0.3 is 5.91 Å². The summed E-state index contributed by atoms with van der Waals surface area (Å²) >= 11 is 2.66. The standard InChI is InChI=1S/C32H23N3O6S2/c36-22-9-4-7-19(15-22)27-26(28(37)20-11-12-24-25(16-20)41-14-13-40-24)29(38)30(39)35(27)31-33-34-32(43-31)42-17-21-8-3-6-18-5-1-2-10-23(18)21/h1-12,15-16,27,36-37H,13-14,17H2/b28-26+. The minimum Gasteiger partial charge on any atom is -0.508 e. The number of carbonyl (C=O) groups excluding carboxylic acids is 2. The number of fused-ring (bicyclic) bond motifs is 2. The second kappa shape index (κ2) is 11.1. The number of Topliss-reactive ketones (excluding diaryl/α,β-unsaturated/α-hetero) is 1. The number of rotatable bonds is 6. The van der Waals surface area contributed by atoms with E-state index >= 15 is 0 Å². The van der Waals surface area contributed by atoms with Crippen LogP contribution in [0.3, 0.4) is 0 Å². The smallest absolute Gasteiger partial charge is 0.301 e. The highest BCUT2D eigenvalue weighted by Gasteiger charge is 2.48. The van der Waals surface area contributed by atoms with Crippen molar-refractivity contribution < 1.29 is 29.3 Å². The van der Waals surface area contributed by atoms with Crippen molar-refractivity contribution in [1.29, 1.82) is 0 Å². The molecule has 0 aliphatic carbocycles. The molecule has 5 aromatic rings. The Morgan fingerprint density at radius 1 is 0.930 bits per heavy atom. The number of aliphatic hydroxyl groups is 1. The third kappa shape index (κ3) is 4.96. The maximum atomic E-state index is 13.5. The van der Waals surface area contributed by atoms with Gasteiger partial charge in [-0.3, -0.25) is 14.5 Å². The fourth-order valence-electron chi connectivity index (χ4n) is 5.30. The number of benzene rings is 4. The van der Waals surface area contributed by atoms with E-state index in [2.05, 4.69) is 34.5 Å². The lowest BCUT2D eigenvalue weighted by molar-refractivity contribution is -0.132. The third-order valence-corrected chi connectivity index (χ3v) is 9.38. The topological polar surface area (TPSA) is 122 Å². The lowest BCUT2D eigenvalue weighted by Gasteiger charge is -2.23. The van der Waals surface area contributed by atoms with Crippen molar-refractivity contribution in [2.75, 3.05) is 18.1 Å². The van der Waals surface area contributed by atoms with Gasteiger partial charge in [0.05, 0.1) is 11.6 Å². The van der Waals surface area contributed by atoms with Crippen LogP contribution in [0.1, 0.15) is 22.7 Å². The number of thioether (sulfide) groups is 1. The molecule has 3 heterocycles. The molecular formula is C32H23N3O6S2. The summed E-state index contributed by atoms with van der Waals surface area (Å²) in [5.41, 5.74) is 1.72. The molecule has 214 valence electrons. The molecular weight excluding hydrogens is 587 g/mol. The highest BCUT2D eigenvalue weighted by molar-refractivity contribution is 8.00. The molecule has 0 bridgehead atoms. The van der Waals surface area contributed by atoms with Crippen molar-refractivity contribution in [3.63, 3.8) is 0 Å². The van der Waals surface area contributed by atoms with Crippen LogP contribution in [0.2, 0.25) is 0 Å². The van der Waals surface area contributed by atoms with Crippen molar-refractivity contribution in [1.82, 2.24) is 10.2 Å². The number of hydrogen-bond donors (Lipinski definition) is 2. The van der Waals surface area contributed by atoms with Gasteiger partial charge in [0.25, 0.3) is 5.78 Å². The fourth-order valence-corrected chi connectivity index (χ4v) is 7.17. The molecule has 9 nitrogen and oxygen atoms in total. The molecule has 2 N–H and O–H groups in total. The molecule has 43 heavy (non-hydrogen) atoms. The third-order valence-electron chi connectivity index (χ3n) is 7.28. The average Bonchev–Trinajstić information content (AvgIpc) is 3.61. The lowest BCUT2D eigenvalue weighted by atomic mass is 9.95. The van der Waals surface area contributed by atoms with E-state index in [1.165, 1.54) is 40.1 Å². The van der Waals surface area contributed by atoms with Crippen LogP contribution in [0.4, 0.5) is 5.13 Å². The maximum absolute atomic E-state index is 13.5. The highest BCUT2D eigenvalue weighted by Crippen LogP contribution is 2.45. The molecule has 7 rings (SSSR count). The van der Waals surface area contributed by atoms with Gasteiger partial charge < -0.3 is 19.7 Å². The number of ether oxygens (including phenoxy) is 2. The Bertz CT molecular complexity index is 1930. The van der Waals surface area contributed by atoms with Gasteiger partial charge in [-0.15, -0.1) is 10.2 Å². The summed E-state index contributed by atoms with van der Waals surface area (Å²) in [5, 5.41) is 32.8. The van der Waals surface area contributed by atoms with Crippen molar-refractivity contribution in [3.05, 3.63) is 107 Å². The summed E-state index contributed by atoms with van der Waals surface area (Å²) in [6.45, 7) is 0.758.